The summed E-state index contributed by atoms with van der Waals surface area (Å²) >= 11 is 0. The Balaban J connectivity index is 1.59. The maximum atomic E-state index is 12.6. The Hall–Kier alpha value is -2.99. The minimum absolute atomic E-state index is 0.0586. The number of carbonyl (C=O) groups is 1. The number of ether oxygens (including phenoxy) is 3. The van der Waals surface area contributed by atoms with E-state index in [0.29, 0.717) is 30.3 Å². The molecule has 1 fully saturated rings. The molecule has 3 rings (SSSR count). The van der Waals surface area contributed by atoms with Crippen LogP contribution in [0.2, 0.25) is 0 Å². The highest BCUT2D eigenvalue weighted by Crippen LogP contribution is 2.40. The van der Waals surface area contributed by atoms with E-state index in [0.717, 1.165) is 30.8 Å². The van der Waals surface area contributed by atoms with Crippen molar-refractivity contribution in [2.24, 2.45) is 0 Å². The van der Waals surface area contributed by atoms with Gasteiger partial charge in [-0.2, -0.15) is 0 Å². The van der Waals surface area contributed by atoms with Gasteiger partial charge >= 0.3 is 0 Å². The molecule has 0 aliphatic carbocycles. The van der Waals surface area contributed by atoms with Crippen molar-refractivity contribution in [1.29, 1.82) is 0 Å². The molecule has 2 aromatic carbocycles. The summed E-state index contributed by atoms with van der Waals surface area (Å²) in [5, 5.41) is 0. The number of nitrogens with zero attached hydrogens (tertiary/aromatic N) is 2. The minimum Gasteiger partial charge on any atom is -0.493 e. The van der Waals surface area contributed by atoms with Crippen LogP contribution in [0.1, 0.15) is 22.3 Å². The molecule has 6 nitrogen and oxygen atoms in total. The van der Waals surface area contributed by atoms with E-state index in [1.807, 2.05) is 23.1 Å². The number of benzene rings is 2. The molecule has 166 valence electrons. The Bertz CT molecular complexity index is 947. The molecule has 0 bridgehead atoms. The third-order valence-electron chi connectivity index (χ3n) is 5.69. The number of carbonyl (C=O) groups excluding carboxylic acids is 1. The SMILES string of the molecule is COc1ccc(CN2CCN(C(=O)/C=C/c3ccc(C)cc3C)CC2)c(OC)c1OC. The lowest BCUT2D eigenvalue weighted by Gasteiger charge is -2.34. The summed E-state index contributed by atoms with van der Waals surface area (Å²) < 4.78 is 16.4. The predicted molar refractivity (Wildman–Crippen MR) is 123 cm³/mol. The molecule has 0 saturated carbocycles. The number of hydrogen-bond acceptors (Lipinski definition) is 5. The van der Waals surface area contributed by atoms with Gasteiger partial charge in [0.05, 0.1) is 21.3 Å². The van der Waals surface area contributed by atoms with Gasteiger partial charge < -0.3 is 19.1 Å². The summed E-state index contributed by atoms with van der Waals surface area (Å²) in [4.78, 5) is 16.9. The molecule has 2 aromatic rings. The Kier molecular flexibility index (Phi) is 7.58. The average Bonchev–Trinajstić information content (AvgIpc) is 2.78. The first-order valence-corrected chi connectivity index (χ1v) is 10.5. The molecular weight excluding hydrogens is 392 g/mol. The largest absolute Gasteiger partial charge is 0.493 e. The van der Waals surface area contributed by atoms with Gasteiger partial charge in [0.15, 0.2) is 11.5 Å². The Labute approximate surface area is 185 Å². The van der Waals surface area contributed by atoms with Crippen LogP contribution in [0.15, 0.2) is 36.4 Å². The van der Waals surface area contributed by atoms with Gasteiger partial charge in [0.25, 0.3) is 0 Å². The third kappa shape index (κ3) is 5.39. The molecule has 0 N–H and O–H groups in total. The van der Waals surface area contributed by atoms with Crippen LogP contribution in [-0.4, -0.2) is 63.2 Å². The van der Waals surface area contributed by atoms with Gasteiger partial charge in [-0.1, -0.05) is 29.8 Å². The molecule has 0 spiro atoms. The zero-order valence-corrected chi connectivity index (χ0v) is 19.1. The van der Waals surface area contributed by atoms with Crippen molar-refractivity contribution in [3.05, 3.63) is 58.7 Å². The monoisotopic (exact) mass is 424 g/mol. The van der Waals surface area contributed by atoms with Crippen molar-refractivity contribution in [2.75, 3.05) is 47.5 Å². The van der Waals surface area contributed by atoms with E-state index in [2.05, 4.69) is 36.9 Å². The van der Waals surface area contributed by atoms with Crippen molar-refractivity contribution in [3.63, 3.8) is 0 Å². The Morgan fingerprint density at radius 3 is 2.26 bits per heavy atom. The van der Waals surface area contributed by atoms with Crippen molar-refractivity contribution < 1.29 is 19.0 Å². The van der Waals surface area contributed by atoms with E-state index >= 15 is 0 Å². The van der Waals surface area contributed by atoms with Gasteiger partial charge in [-0.3, -0.25) is 9.69 Å². The molecule has 0 aromatic heterocycles. The number of hydrogen-bond donors (Lipinski definition) is 0. The average molecular weight is 425 g/mol. The molecule has 1 amide bonds. The first kappa shape index (κ1) is 22.7. The van der Waals surface area contributed by atoms with Crippen LogP contribution in [-0.2, 0) is 11.3 Å². The van der Waals surface area contributed by atoms with Crippen LogP contribution in [0.5, 0.6) is 17.2 Å². The van der Waals surface area contributed by atoms with E-state index < -0.39 is 0 Å². The first-order chi connectivity index (χ1) is 15.0. The van der Waals surface area contributed by atoms with Gasteiger partial charge in [-0.25, -0.2) is 0 Å². The summed E-state index contributed by atoms with van der Waals surface area (Å²) in [5.41, 5.74) is 4.52. The van der Waals surface area contributed by atoms with Crippen LogP contribution in [0.3, 0.4) is 0 Å². The molecule has 1 aliphatic rings. The summed E-state index contributed by atoms with van der Waals surface area (Å²) in [7, 11) is 4.86. The summed E-state index contributed by atoms with van der Waals surface area (Å²) in [6.45, 7) is 7.88. The van der Waals surface area contributed by atoms with Crippen LogP contribution >= 0.6 is 0 Å². The van der Waals surface area contributed by atoms with Gasteiger partial charge in [-0.05, 0) is 37.1 Å². The van der Waals surface area contributed by atoms with Gasteiger partial charge in [-0.15, -0.1) is 0 Å². The molecule has 0 radical (unpaired) electrons. The zero-order chi connectivity index (χ0) is 22.4. The standard InChI is InChI=1S/C25H32N2O4/c1-18-6-7-20(19(2)16-18)9-11-23(28)27-14-12-26(13-15-27)17-21-8-10-22(29-3)25(31-5)24(21)30-4/h6-11,16H,12-15,17H2,1-5H3/b11-9+. The fraction of sp³-hybridized carbons (Fsp3) is 0.400. The second kappa shape index (κ2) is 10.4. The minimum atomic E-state index is 0.0586. The quantitative estimate of drug-likeness (QED) is 0.635. The molecule has 1 heterocycles. The molecular formula is C25H32N2O4. The molecule has 0 unspecified atom stereocenters. The van der Waals surface area contributed by atoms with Crippen molar-refractivity contribution in [3.8, 4) is 17.2 Å². The fourth-order valence-corrected chi connectivity index (χ4v) is 3.93. The molecule has 1 aliphatic heterocycles. The number of methoxy groups -OCH3 is 3. The lowest BCUT2D eigenvalue weighted by Crippen LogP contribution is -2.47. The topological polar surface area (TPSA) is 51.2 Å². The van der Waals surface area contributed by atoms with Crippen molar-refractivity contribution >= 4 is 12.0 Å². The normalized spacial score (nSPS) is 14.7. The maximum Gasteiger partial charge on any atom is 0.246 e. The second-order valence-electron chi connectivity index (χ2n) is 7.79. The fourth-order valence-electron chi connectivity index (χ4n) is 3.93. The van der Waals surface area contributed by atoms with E-state index in [1.165, 1.54) is 11.1 Å². The summed E-state index contributed by atoms with van der Waals surface area (Å²) in [5.74, 6) is 2.00. The number of rotatable bonds is 7. The van der Waals surface area contributed by atoms with Crippen LogP contribution in [0, 0.1) is 13.8 Å². The number of aryl methyl sites for hydroxylation is 2. The van der Waals surface area contributed by atoms with Crippen LogP contribution < -0.4 is 14.2 Å². The van der Waals surface area contributed by atoms with Gasteiger partial charge in [0.1, 0.15) is 0 Å². The highest BCUT2D eigenvalue weighted by molar-refractivity contribution is 5.92. The summed E-state index contributed by atoms with van der Waals surface area (Å²) in [6, 6.07) is 10.2. The number of piperazine rings is 1. The van der Waals surface area contributed by atoms with E-state index in [1.54, 1.807) is 27.4 Å². The Morgan fingerprint density at radius 1 is 0.935 bits per heavy atom. The number of amides is 1. The van der Waals surface area contributed by atoms with E-state index in [4.69, 9.17) is 14.2 Å². The lowest BCUT2D eigenvalue weighted by molar-refractivity contribution is -0.127. The van der Waals surface area contributed by atoms with Crippen molar-refractivity contribution in [2.45, 2.75) is 20.4 Å². The maximum absolute atomic E-state index is 12.6. The third-order valence-corrected chi connectivity index (χ3v) is 5.69. The highest BCUT2D eigenvalue weighted by atomic mass is 16.5. The Morgan fingerprint density at radius 2 is 1.65 bits per heavy atom. The molecule has 0 atom stereocenters. The highest BCUT2D eigenvalue weighted by Gasteiger charge is 2.22. The lowest BCUT2D eigenvalue weighted by atomic mass is 10.1. The van der Waals surface area contributed by atoms with Crippen LogP contribution in [0.4, 0.5) is 0 Å². The first-order valence-electron chi connectivity index (χ1n) is 10.5. The van der Waals surface area contributed by atoms with E-state index in [9.17, 15) is 4.79 Å². The summed E-state index contributed by atoms with van der Waals surface area (Å²) in [6.07, 6.45) is 3.60. The molecule has 31 heavy (non-hydrogen) atoms. The van der Waals surface area contributed by atoms with Gasteiger partial charge in [0, 0.05) is 44.4 Å². The molecule has 6 heteroatoms. The van der Waals surface area contributed by atoms with E-state index in [-0.39, 0.29) is 5.91 Å². The van der Waals surface area contributed by atoms with Gasteiger partial charge in [0.2, 0.25) is 11.7 Å². The zero-order valence-electron chi connectivity index (χ0n) is 19.1. The smallest absolute Gasteiger partial charge is 0.246 e. The second-order valence-corrected chi connectivity index (χ2v) is 7.79. The molecule has 1 saturated heterocycles. The van der Waals surface area contributed by atoms with Crippen LogP contribution in [0.25, 0.3) is 6.08 Å². The van der Waals surface area contributed by atoms with Crippen molar-refractivity contribution in [1.82, 2.24) is 9.80 Å². The predicted octanol–water partition coefficient (Wildman–Crippen LogP) is 3.69.